The summed E-state index contributed by atoms with van der Waals surface area (Å²) in [6.45, 7) is 4.59. The van der Waals surface area contributed by atoms with Gasteiger partial charge in [-0.05, 0) is 19.1 Å². The standard InChI is InChI=1S/C16H20N2O5/c1-2-18-5-6-21-14(16(18)20)10-15(19)17-11-3-4-12-13(9-11)23-8-7-22-12/h3-4,9,14H,2,5-8,10H2,1H3,(H,17,19)/t14-/m1/s1. The molecular formula is C16H20N2O5. The maximum Gasteiger partial charge on any atom is 0.252 e. The molecule has 23 heavy (non-hydrogen) atoms. The Kier molecular flexibility index (Phi) is 4.66. The molecule has 2 heterocycles. The van der Waals surface area contributed by atoms with Gasteiger partial charge in [0.1, 0.15) is 19.3 Å². The molecule has 7 heteroatoms. The minimum Gasteiger partial charge on any atom is -0.486 e. The van der Waals surface area contributed by atoms with Crippen LogP contribution >= 0.6 is 0 Å². The number of amides is 2. The first-order valence-corrected chi connectivity index (χ1v) is 7.77. The molecule has 1 N–H and O–H groups in total. The van der Waals surface area contributed by atoms with E-state index in [1.807, 2.05) is 6.92 Å². The highest BCUT2D eigenvalue weighted by Crippen LogP contribution is 2.32. The van der Waals surface area contributed by atoms with Gasteiger partial charge in [0.2, 0.25) is 5.91 Å². The topological polar surface area (TPSA) is 77.1 Å². The Bertz CT molecular complexity index is 604. The fraction of sp³-hybridized carbons (Fsp3) is 0.500. The molecule has 124 valence electrons. The van der Waals surface area contributed by atoms with Gasteiger partial charge in [0, 0.05) is 24.8 Å². The number of benzene rings is 1. The van der Waals surface area contributed by atoms with Crippen LogP contribution in [-0.2, 0) is 14.3 Å². The van der Waals surface area contributed by atoms with Crippen LogP contribution < -0.4 is 14.8 Å². The second kappa shape index (κ2) is 6.87. The first-order valence-electron chi connectivity index (χ1n) is 7.77. The van der Waals surface area contributed by atoms with E-state index >= 15 is 0 Å². The SMILES string of the molecule is CCN1CCO[C@H](CC(=O)Nc2ccc3c(c2)OCCO3)C1=O. The highest BCUT2D eigenvalue weighted by atomic mass is 16.6. The van der Waals surface area contributed by atoms with Crippen molar-refractivity contribution in [3.05, 3.63) is 18.2 Å². The maximum absolute atomic E-state index is 12.2. The molecule has 7 nitrogen and oxygen atoms in total. The van der Waals surface area contributed by atoms with Crippen LogP contribution in [0.15, 0.2) is 18.2 Å². The summed E-state index contributed by atoms with van der Waals surface area (Å²) in [4.78, 5) is 26.0. The molecule has 0 radical (unpaired) electrons. The number of hydrogen-bond acceptors (Lipinski definition) is 5. The van der Waals surface area contributed by atoms with Crippen molar-refractivity contribution >= 4 is 17.5 Å². The summed E-state index contributed by atoms with van der Waals surface area (Å²) in [5.74, 6) is 0.879. The zero-order valence-electron chi connectivity index (χ0n) is 13.0. The predicted molar refractivity (Wildman–Crippen MR) is 82.7 cm³/mol. The quantitative estimate of drug-likeness (QED) is 0.897. The molecule has 1 fully saturated rings. The van der Waals surface area contributed by atoms with Crippen molar-refractivity contribution in [1.29, 1.82) is 0 Å². The molecule has 1 atom stereocenters. The fourth-order valence-electron chi connectivity index (χ4n) is 2.65. The van der Waals surface area contributed by atoms with Crippen molar-refractivity contribution < 1.29 is 23.8 Å². The van der Waals surface area contributed by atoms with E-state index in [9.17, 15) is 9.59 Å². The molecule has 2 amide bonds. The van der Waals surface area contributed by atoms with E-state index in [1.165, 1.54) is 0 Å². The Balaban J connectivity index is 1.60. The summed E-state index contributed by atoms with van der Waals surface area (Å²) in [7, 11) is 0. The Morgan fingerprint density at radius 3 is 2.83 bits per heavy atom. The minimum atomic E-state index is -0.707. The fourth-order valence-corrected chi connectivity index (χ4v) is 2.65. The maximum atomic E-state index is 12.2. The molecule has 0 spiro atoms. The first kappa shape index (κ1) is 15.6. The van der Waals surface area contributed by atoms with Crippen LogP contribution in [0.25, 0.3) is 0 Å². The lowest BCUT2D eigenvalue weighted by atomic mass is 10.1. The van der Waals surface area contributed by atoms with Crippen molar-refractivity contribution in [3.63, 3.8) is 0 Å². The number of nitrogens with one attached hydrogen (secondary N) is 1. The van der Waals surface area contributed by atoms with Crippen LogP contribution in [0.2, 0.25) is 0 Å². The molecule has 0 saturated carbocycles. The van der Waals surface area contributed by atoms with E-state index in [1.54, 1.807) is 23.1 Å². The van der Waals surface area contributed by atoms with Gasteiger partial charge in [-0.2, -0.15) is 0 Å². The number of fused-ring (bicyclic) bond motifs is 1. The average Bonchev–Trinajstić information content (AvgIpc) is 2.56. The largest absolute Gasteiger partial charge is 0.486 e. The zero-order valence-corrected chi connectivity index (χ0v) is 13.0. The van der Waals surface area contributed by atoms with Crippen molar-refractivity contribution in [1.82, 2.24) is 4.90 Å². The lowest BCUT2D eigenvalue weighted by Gasteiger charge is -2.31. The molecule has 0 aromatic heterocycles. The van der Waals surface area contributed by atoms with Gasteiger partial charge in [-0.3, -0.25) is 9.59 Å². The number of anilines is 1. The summed E-state index contributed by atoms with van der Waals surface area (Å²) in [6, 6.07) is 5.22. The van der Waals surface area contributed by atoms with Gasteiger partial charge in [-0.1, -0.05) is 0 Å². The summed E-state index contributed by atoms with van der Waals surface area (Å²) >= 11 is 0. The smallest absolute Gasteiger partial charge is 0.252 e. The third kappa shape index (κ3) is 3.56. The highest BCUT2D eigenvalue weighted by molar-refractivity contribution is 5.95. The van der Waals surface area contributed by atoms with Crippen molar-refractivity contribution in [2.45, 2.75) is 19.4 Å². The highest BCUT2D eigenvalue weighted by Gasteiger charge is 2.30. The Morgan fingerprint density at radius 2 is 2.04 bits per heavy atom. The normalized spacial score (nSPS) is 20.3. The molecule has 0 bridgehead atoms. The molecule has 0 aliphatic carbocycles. The summed E-state index contributed by atoms with van der Waals surface area (Å²) in [6.07, 6.45) is -0.704. The summed E-state index contributed by atoms with van der Waals surface area (Å²) in [5.41, 5.74) is 0.606. The monoisotopic (exact) mass is 320 g/mol. The number of nitrogens with zero attached hydrogens (tertiary/aromatic N) is 1. The predicted octanol–water partition coefficient (Wildman–Crippen LogP) is 1.03. The van der Waals surface area contributed by atoms with Crippen LogP contribution in [-0.4, -0.2) is 55.7 Å². The van der Waals surface area contributed by atoms with Gasteiger partial charge in [-0.15, -0.1) is 0 Å². The van der Waals surface area contributed by atoms with Gasteiger partial charge in [-0.25, -0.2) is 0 Å². The Labute approximate surface area is 134 Å². The van der Waals surface area contributed by atoms with E-state index in [0.29, 0.717) is 50.1 Å². The van der Waals surface area contributed by atoms with Crippen LogP contribution in [0, 0.1) is 0 Å². The van der Waals surface area contributed by atoms with E-state index in [0.717, 1.165) is 0 Å². The first-order chi connectivity index (χ1) is 11.2. The molecule has 0 unspecified atom stereocenters. The van der Waals surface area contributed by atoms with Crippen molar-refractivity contribution in [2.75, 3.05) is 38.2 Å². The van der Waals surface area contributed by atoms with Crippen LogP contribution in [0.5, 0.6) is 11.5 Å². The number of carbonyl (C=O) groups excluding carboxylic acids is 2. The molecule has 1 aromatic carbocycles. The van der Waals surface area contributed by atoms with Gasteiger partial charge in [0.15, 0.2) is 11.5 Å². The number of rotatable bonds is 4. The average molecular weight is 320 g/mol. The molecule has 2 aliphatic heterocycles. The summed E-state index contributed by atoms with van der Waals surface area (Å²) in [5, 5.41) is 2.77. The van der Waals surface area contributed by atoms with Gasteiger partial charge in [0.25, 0.3) is 5.91 Å². The third-order valence-electron chi connectivity index (χ3n) is 3.85. The lowest BCUT2D eigenvalue weighted by molar-refractivity contribution is -0.154. The van der Waals surface area contributed by atoms with Gasteiger partial charge < -0.3 is 24.4 Å². The van der Waals surface area contributed by atoms with E-state index in [-0.39, 0.29) is 18.2 Å². The van der Waals surface area contributed by atoms with Crippen LogP contribution in [0.4, 0.5) is 5.69 Å². The minimum absolute atomic E-state index is 0.00375. The summed E-state index contributed by atoms with van der Waals surface area (Å²) < 4.78 is 16.3. The van der Waals surface area contributed by atoms with E-state index in [2.05, 4.69) is 5.32 Å². The van der Waals surface area contributed by atoms with E-state index < -0.39 is 6.10 Å². The molecule has 1 saturated heterocycles. The number of carbonyl (C=O) groups is 2. The molecular weight excluding hydrogens is 300 g/mol. The third-order valence-corrected chi connectivity index (χ3v) is 3.85. The molecule has 2 aliphatic rings. The number of morpholine rings is 1. The lowest BCUT2D eigenvalue weighted by Crippen LogP contribution is -2.48. The van der Waals surface area contributed by atoms with Crippen LogP contribution in [0.3, 0.4) is 0 Å². The second-order valence-electron chi connectivity index (χ2n) is 5.39. The number of likely N-dealkylation sites (N-methyl/N-ethyl adjacent to an activating group) is 1. The number of ether oxygens (including phenoxy) is 3. The van der Waals surface area contributed by atoms with Gasteiger partial charge >= 0.3 is 0 Å². The Hall–Kier alpha value is -2.28. The number of hydrogen-bond donors (Lipinski definition) is 1. The van der Waals surface area contributed by atoms with Crippen molar-refractivity contribution in [3.8, 4) is 11.5 Å². The van der Waals surface area contributed by atoms with Crippen molar-refractivity contribution in [2.24, 2.45) is 0 Å². The molecule has 1 aromatic rings. The van der Waals surface area contributed by atoms with Gasteiger partial charge in [0.05, 0.1) is 13.0 Å². The van der Waals surface area contributed by atoms with E-state index in [4.69, 9.17) is 14.2 Å². The zero-order chi connectivity index (χ0) is 16.2. The Morgan fingerprint density at radius 1 is 1.26 bits per heavy atom. The van der Waals surface area contributed by atoms with Crippen LogP contribution in [0.1, 0.15) is 13.3 Å². The molecule has 3 rings (SSSR count). The second-order valence-corrected chi connectivity index (χ2v) is 5.39.